The van der Waals surface area contributed by atoms with Gasteiger partial charge in [-0.05, 0) is 39.3 Å². The monoisotopic (exact) mass is 198 g/mol. The molecule has 1 saturated carbocycles. The van der Waals surface area contributed by atoms with E-state index in [0.717, 1.165) is 25.9 Å². The van der Waals surface area contributed by atoms with Crippen molar-refractivity contribution in [3.05, 3.63) is 0 Å². The zero-order valence-electron chi connectivity index (χ0n) is 9.62. The third-order valence-electron chi connectivity index (χ3n) is 3.68. The molecule has 0 N–H and O–H groups in total. The van der Waals surface area contributed by atoms with Crippen LogP contribution >= 0.6 is 0 Å². The molecular weight excluding hydrogens is 176 g/mol. The smallest absolute Gasteiger partial charge is 0.209 e. The Kier molecular flexibility index (Phi) is 3.93. The van der Waals surface area contributed by atoms with Gasteiger partial charge in [0.25, 0.3) is 0 Å². The van der Waals surface area contributed by atoms with E-state index in [1.54, 1.807) is 4.90 Å². The summed E-state index contributed by atoms with van der Waals surface area (Å²) in [6.45, 7) is 4.18. The molecule has 0 aliphatic heterocycles. The fraction of sp³-hybridized carbons (Fsp3) is 0.909. The van der Waals surface area contributed by atoms with Gasteiger partial charge in [-0.2, -0.15) is 0 Å². The summed E-state index contributed by atoms with van der Waals surface area (Å²) in [7, 11) is 4.05. The van der Waals surface area contributed by atoms with Gasteiger partial charge in [0.15, 0.2) is 0 Å². The molecule has 82 valence electrons. The van der Waals surface area contributed by atoms with E-state index >= 15 is 0 Å². The lowest BCUT2D eigenvalue weighted by atomic mass is 9.73. The van der Waals surface area contributed by atoms with E-state index < -0.39 is 0 Å². The van der Waals surface area contributed by atoms with E-state index in [4.69, 9.17) is 0 Å². The maximum Gasteiger partial charge on any atom is 0.209 e. The minimum absolute atomic E-state index is 0.395. The van der Waals surface area contributed by atoms with Gasteiger partial charge in [-0.25, -0.2) is 0 Å². The summed E-state index contributed by atoms with van der Waals surface area (Å²) in [6, 6.07) is 0. The van der Waals surface area contributed by atoms with Crippen LogP contribution in [-0.2, 0) is 4.79 Å². The maximum atomic E-state index is 10.5. The fourth-order valence-electron chi connectivity index (χ4n) is 2.18. The Morgan fingerprint density at radius 1 is 1.36 bits per heavy atom. The zero-order chi connectivity index (χ0) is 10.6. The molecule has 0 saturated heterocycles. The van der Waals surface area contributed by atoms with Crippen molar-refractivity contribution in [3.8, 4) is 0 Å². The van der Waals surface area contributed by atoms with Crippen LogP contribution in [0.15, 0.2) is 0 Å². The van der Waals surface area contributed by atoms with E-state index in [2.05, 4.69) is 18.9 Å². The summed E-state index contributed by atoms with van der Waals surface area (Å²) < 4.78 is 0. The number of rotatable bonds is 6. The fourth-order valence-corrected chi connectivity index (χ4v) is 2.18. The molecule has 0 unspecified atom stereocenters. The highest BCUT2D eigenvalue weighted by atomic mass is 16.1. The normalized spacial score (nSPS) is 19.1. The van der Waals surface area contributed by atoms with Crippen LogP contribution in [0, 0.1) is 0 Å². The lowest BCUT2D eigenvalue weighted by molar-refractivity contribution is -0.117. The minimum Gasteiger partial charge on any atom is -0.348 e. The van der Waals surface area contributed by atoms with Crippen molar-refractivity contribution in [3.63, 3.8) is 0 Å². The number of hydrogen-bond acceptors (Lipinski definition) is 2. The third kappa shape index (κ3) is 2.27. The zero-order valence-corrected chi connectivity index (χ0v) is 9.62. The molecule has 0 spiro atoms. The van der Waals surface area contributed by atoms with Crippen LogP contribution in [0.4, 0.5) is 0 Å². The first-order chi connectivity index (χ1) is 6.64. The largest absolute Gasteiger partial charge is 0.348 e. The van der Waals surface area contributed by atoms with E-state index in [1.807, 2.05) is 7.05 Å². The second-order valence-electron chi connectivity index (χ2n) is 4.43. The van der Waals surface area contributed by atoms with Crippen molar-refractivity contribution in [1.82, 2.24) is 9.80 Å². The highest BCUT2D eigenvalue weighted by molar-refractivity contribution is 5.46. The van der Waals surface area contributed by atoms with Crippen LogP contribution in [0.5, 0.6) is 0 Å². The lowest BCUT2D eigenvalue weighted by Gasteiger charge is -2.49. The van der Waals surface area contributed by atoms with Gasteiger partial charge in [0.05, 0.1) is 0 Å². The average molecular weight is 198 g/mol. The summed E-state index contributed by atoms with van der Waals surface area (Å²) in [5, 5.41) is 0. The molecule has 1 fully saturated rings. The molecule has 0 aromatic heterocycles. The molecule has 1 rings (SSSR count). The summed E-state index contributed by atoms with van der Waals surface area (Å²) >= 11 is 0. The third-order valence-corrected chi connectivity index (χ3v) is 3.68. The number of hydrogen-bond donors (Lipinski definition) is 0. The van der Waals surface area contributed by atoms with Gasteiger partial charge in [-0.3, -0.25) is 4.79 Å². The van der Waals surface area contributed by atoms with Crippen molar-refractivity contribution in [2.45, 2.75) is 38.1 Å². The number of amides is 1. The van der Waals surface area contributed by atoms with Crippen LogP contribution in [0.1, 0.15) is 32.6 Å². The minimum atomic E-state index is 0.395. The Morgan fingerprint density at radius 2 is 2.00 bits per heavy atom. The van der Waals surface area contributed by atoms with Crippen molar-refractivity contribution in [2.75, 3.05) is 27.2 Å². The molecule has 1 amide bonds. The number of nitrogens with zero attached hydrogens (tertiary/aromatic N) is 2. The molecule has 3 nitrogen and oxygen atoms in total. The molecule has 14 heavy (non-hydrogen) atoms. The molecule has 0 atom stereocenters. The summed E-state index contributed by atoms with van der Waals surface area (Å²) in [5.74, 6) is 0. The lowest BCUT2D eigenvalue weighted by Crippen LogP contribution is -2.53. The second-order valence-corrected chi connectivity index (χ2v) is 4.43. The van der Waals surface area contributed by atoms with Gasteiger partial charge in [-0.15, -0.1) is 0 Å². The predicted octanol–water partition coefficient (Wildman–Crippen LogP) is 1.34. The number of carbonyl (C=O) groups is 1. The first-order valence-corrected chi connectivity index (χ1v) is 5.51. The van der Waals surface area contributed by atoms with E-state index in [9.17, 15) is 4.79 Å². The van der Waals surface area contributed by atoms with Crippen LogP contribution in [0.2, 0.25) is 0 Å². The van der Waals surface area contributed by atoms with Gasteiger partial charge >= 0.3 is 0 Å². The molecule has 1 aliphatic rings. The summed E-state index contributed by atoms with van der Waals surface area (Å²) in [5.41, 5.74) is 0.395. The van der Waals surface area contributed by atoms with Crippen LogP contribution in [0.3, 0.4) is 0 Å². The predicted molar refractivity (Wildman–Crippen MR) is 58.2 cm³/mol. The first-order valence-electron chi connectivity index (χ1n) is 5.51. The SMILES string of the molecule is CCN(C)C1(CCN(C)C=O)CCC1. The highest BCUT2D eigenvalue weighted by Gasteiger charge is 2.39. The first kappa shape index (κ1) is 11.5. The van der Waals surface area contributed by atoms with Crippen LogP contribution < -0.4 is 0 Å². The van der Waals surface area contributed by atoms with E-state index in [0.29, 0.717) is 5.54 Å². The molecule has 0 heterocycles. The summed E-state index contributed by atoms with van der Waals surface area (Å²) in [6.07, 6.45) is 5.97. The second kappa shape index (κ2) is 4.78. The van der Waals surface area contributed by atoms with E-state index in [1.165, 1.54) is 19.3 Å². The molecule has 0 radical (unpaired) electrons. The van der Waals surface area contributed by atoms with Gasteiger partial charge in [-0.1, -0.05) is 6.92 Å². The molecule has 0 aromatic carbocycles. The Hall–Kier alpha value is -0.570. The van der Waals surface area contributed by atoms with Crippen molar-refractivity contribution in [1.29, 1.82) is 0 Å². The van der Waals surface area contributed by atoms with Crippen molar-refractivity contribution in [2.24, 2.45) is 0 Å². The van der Waals surface area contributed by atoms with Gasteiger partial charge < -0.3 is 9.80 Å². The Balaban J connectivity index is 2.41. The standard InChI is InChI=1S/C11H22N2O/c1-4-13(3)11(6-5-7-11)8-9-12(2)10-14/h10H,4-9H2,1-3H3. The van der Waals surface area contributed by atoms with Gasteiger partial charge in [0, 0.05) is 19.1 Å². The van der Waals surface area contributed by atoms with Crippen molar-refractivity contribution >= 4 is 6.41 Å². The van der Waals surface area contributed by atoms with E-state index in [-0.39, 0.29) is 0 Å². The Labute approximate surface area is 87.1 Å². The molecule has 1 aliphatic carbocycles. The topological polar surface area (TPSA) is 23.6 Å². The summed E-state index contributed by atoms with van der Waals surface area (Å²) in [4.78, 5) is 14.7. The maximum absolute atomic E-state index is 10.5. The molecule has 0 aromatic rings. The Bertz CT molecular complexity index is 190. The van der Waals surface area contributed by atoms with Crippen LogP contribution in [0.25, 0.3) is 0 Å². The molecule has 0 bridgehead atoms. The van der Waals surface area contributed by atoms with Crippen LogP contribution in [-0.4, -0.2) is 48.9 Å². The van der Waals surface area contributed by atoms with Gasteiger partial charge in [0.2, 0.25) is 6.41 Å². The Morgan fingerprint density at radius 3 is 2.36 bits per heavy atom. The quantitative estimate of drug-likeness (QED) is 0.601. The van der Waals surface area contributed by atoms with Gasteiger partial charge in [0.1, 0.15) is 0 Å². The molecule has 3 heteroatoms. The highest BCUT2D eigenvalue weighted by Crippen LogP contribution is 2.39. The molecular formula is C11H22N2O. The van der Waals surface area contributed by atoms with Crippen molar-refractivity contribution < 1.29 is 4.79 Å². The average Bonchev–Trinajstić information content (AvgIpc) is 2.15. The number of carbonyl (C=O) groups excluding carboxylic acids is 1.